The van der Waals surface area contributed by atoms with Crippen molar-refractivity contribution in [3.8, 4) is 0 Å². The van der Waals surface area contributed by atoms with Crippen LogP contribution in [-0.4, -0.2) is 45.4 Å². The minimum Gasteiger partial charge on any atom is -0.383 e. The van der Waals surface area contributed by atoms with Crippen LogP contribution in [0.4, 0.5) is 0 Å². The van der Waals surface area contributed by atoms with Crippen molar-refractivity contribution in [2.45, 2.75) is 25.0 Å². The molecule has 0 aliphatic carbocycles. The van der Waals surface area contributed by atoms with Gasteiger partial charge in [0.1, 0.15) is 0 Å². The highest BCUT2D eigenvalue weighted by Crippen LogP contribution is 2.26. The van der Waals surface area contributed by atoms with E-state index >= 15 is 0 Å². The zero-order valence-electron chi connectivity index (χ0n) is 12.5. The molecule has 1 aliphatic heterocycles. The minimum atomic E-state index is -0.0783. The molecule has 5 nitrogen and oxygen atoms in total. The number of rotatable bonds is 8. The van der Waals surface area contributed by atoms with Crippen molar-refractivity contribution >= 4 is 5.91 Å². The molecular formula is C16H24N2O3. The lowest BCUT2D eigenvalue weighted by atomic mass is 9.99. The van der Waals surface area contributed by atoms with Crippen molar-refractivity contribution in [2.75, 3.05) is 33.4 Å². The fourth-order valence-electron chi connectivity index (χ4n) is 2.52. The van der Waals surface area contributed by atoms with Crippen molar-refractivity contribution < 1.29 is 14.3 Å². The molecule has 5 heteroatoms. The minimum absolute atomic E-state index is 0.0181. The van der Waals surface area contributed by atoms with Crippen molar-refractivity contribution in [1.82, 2.24) is 10.6 Å². The molecule has 1 aliphatic rings. The summed E-state index contributed by atoms with van der Waals surface area (Å²) < 4.78 is 10.7. The van der Waals surface area contributed by atoms with E-state index in [2.05, 4.69) is 10.6 Å². The fraction of sp³-hybridized carbons (Fsp3) is 0.562. The summed E-state index contributed by atoms with van der Waals surface area (Å²) in [6.07, 6.45) is 2.10. The van der Waals surface area contributed by atoms with Crippen LogP contribution in [-0.2, 0) is 14.3 Å². The number of hydrogen-bond acceptors (Lipinski definition) is 4. The van der Waals surface area contributed by atoms with E-state index in [-0.39, 0.29) is 18.1 Å². The maximum Gasteiger partial charge on any atom is 0.234 e. The maximum absolute atomic E-state index is 12.1. The van der Waals surface area contributed by atoms with Crippen LogP contribution in [0.15, 0.2) is 30.3 Å². The average Bonchev–Trinajstić information content (AvgIpc) is 3.04. The number of carbonyl (C=O) groups excluding carboxylic acids is 1. The average molecular weight is 292 g/mol. The molecule has 2 N–H and O–H groups in total. The van der Waals surface area contributed by atoms with Gasteiger partial charge in [0.05, 0.1) is 25.3 Å². The predicted molar refractivity (Wildman–Crippen MR) is 81.0 cm³/mol. The molecule has 1 fully saturated rings. The van der Waals surface area contributed by atoms with Gasteiger partial charge >= 0.3 is 0 Å². The SMILES string of the molecule is COCCNCC(=O)NC(c1ccccc1)C1CCCO1. The van der Waals surface area contributed by atoms with E-state index in [9.17, 15) is 4.79 Å². The monoisotopic (exact) mass is 292 g/mol. The van der Waals surface area contributed by atoms with Crippen LogP contribution in [0.5, 0.6) is 0 Å². The first-order valence-electron chi connectivity index (χ1n) is 7.47. The van der Waals surface area contributed by atoms with Crippen LogP contribution in [0, 0.1) is 0 Å². The third-order valence-electron chi connectivity index (χ3n) is 3.58. The van der Waals surface area contributed by atoms with E-state index in [0.29, 0.717) is 19.7 Å². The highest BCUT2D eigenvalue weighted by Gasteiger charge is 2.28. The Morgan fingerprint density at radius 3 is 2.90 bits per heavy atom. The lowest BCUT2D eigenvalue weighted by molar-refractivity contribution is -0.122. The highest BCUT2D eigenvalue weighted by atomic mass is 16.5. The lowest BCUT2D eigenvalue weighted by Gasteiger charge is -2.25. The Morgan fingerprint density at radius 1 is 1.43 bits per heavy atom. The second-order valence-corrected chi connectivity index (χ2v) is 5.18. The Hall–Kier alpha value is -1.43. The second kappa shape index (κ2) is 8.77. The van der Waals surface area contributed by atoms with Crippen LogP contribution < -0.4 is 10.6 Å². The van der Waals surface area contributed by atoms with E-state index < -0.39 is 0 Å². The summed E-state index contributed by atoms with van der Waals surface area (Å²) in [5.41, 5.74) is 1.09. The van der Waals surface area contributed by atoms with Crippen molar-refractivity contribution in [2.24, 2.45) is 0 Å². The molecule has 0 saturated carbocycles. The van der Waals surface area contributed by atoms with Gasteiger partial charge in [0.25, 0.3) is 0 Å². The maximum atomic E-state index is 12.1. The van der Waals surface area contributed by atoms with Crippen molar-refractivity contribution in [1.29, 1.82) is 0 Å². The van der Waals surface area contributed by atoms with E-state index in [1.807, 2.05) is 30.3 Å². The summed E-state index contributed by atoms with van der Waals surface area (Å²) in [6, 6.07) is 9.94. The Kier molecular flexibility index (Phi) is 6.66. The zero-order valence-corrected chi connectivity index (χ0v) is 12.5. The van der Waals surface area contributed by atoms with Crippen LogP contribution >= 0.6 is 0 Å². The van der Waals surface area contributed by atoms with Gasteiger partial charge in [0.15, 0.2) is 0 Å². The third kappa shape index (κ3) is 5.12. The second-order valence-electron chi connectivity index (χ2n) is 5.18. The van der Waals surface area contributed by atoms with Crippen LogP contribution in [0.1, 0.15) is 24.4 Å². The van der Waals surface area contributed by atoms with E-state index in [1.165, 1.54) is 0 Å². The smallest absolute Gasteiger partial charge is 0.234 e. The number of ether oxygens (including phenoxy) is 2. The van der Waals surface area contributed by atoms with E-state index in [4.69, 9.17) is 9.47 Å². The largest absolute Gasteiger partial charge is 0.383 e. The predicted octanol–water partition coefficient (Wildman–Crippen LogP) is 1.26. The third-order valence-corrected chi connectivity index (χ3v) is 3.58. The van der Waals surface area contributed by atoms with Gasteiger partial charge in [-0.05, 0) is 18.4 Å². The first-order valence-corrected chi connectivity index (χ1v) is 7.47. The van der Waals surface area contributed by atoms with E-state index in [0.717, 1.165) is 25.0 Å². The summed E-state index contributed by atoms with van der Waals surface area (Å²) in [6.45, 7) is 2.33. The Balaban J connectivity index is 1.91. The molecule has 1 heterocycles. The summed E-state index contributed by atoms with van der Waals surface area (Å²) in [4.78, 5) is 12.1. The van der Waals surface area contributed by atoms with Gasteiger partial charge in [-0.15, -0.1) is 0 Å². The molecule has 0 spiro atoms. The summed E-state index contributed by atoms with van der Waals surface area (Å²) in [5.74, 6) is -0.0181. The zero-order chi connectivity index (χ0) is 14.9. The molecule has 0 bridgehead atoms. The lowest BCUT2D eigenvalue weighted by Crippen LogP contribution is -2.41. The molecule has 1 saturated heterocycles. The molecular weight excluding hydrogens is 268 g/mol. The molecule has 1 aromatic carbocycles. The Labute approximate surface area is 126 Å². The normalized spacial score (nSPS) is 19.4. The molecule has 116 valence electrons. The molecule has 1 amide bonds. The van der Waals surface area contributed by atoms with Crippen LogP contribution in [0.2, 0.25) is 0 Å². The number of amides is 1. The Morgan fingerprint density at radius 2 is 2.24 bits per heavy atom. The van der Waals surface area contributed by atoms with Crippen LogP contribution in [0.3, 0.4) is 0 Å². The topological polar surface area (TPSA) is 59.6 Å². The van der Waals surface area contributed by atoms with Gasteiger partial charge in [-0.25, -0.2) is 0 Å². The number of methoxy groups -OCH3 is 1. The van der Waals surface area contributed by atoms with Crippen molar-refractivity contribution in [3.05, 3.63) is 35.9 Å². The Bertz CT molecular complexity index is 419. The number of benzene rings is 1. The van der Waals surface area contributed by atoms with Crippen molar-refractivity contribution in [3.63, 3.8) is 0 Å². The highest BCUT2D eigenvalue weighted by molar-refractivity contribution is 5.78. The summed E-state index contributed by atoms with van der Waals surface area (Å²) >= 11 is 0. The van der Waals surface area contributed by atoms with Gasteiger partial charge in [0.2, 0.25) is 5.91 Å². The fourth-order valence-corrected chi connectivity index (χ4v) is 2.52. The number of hydrogen-bond donors (Lipinski definition) is 2. The molecule has 2 atom stereocenters. The number of carbonyl (C=O) groups is 1. The van der Waals surface area contributed by atoms with Crippen LogP contribution in [0.25, 0.3) is 0 Å². The standard InChI is InChI=1S/C16H24N2O3/c1-20-11-9-17-12-15(19)18-16(14-8-5-10-21-14)13-6-3-2-4-7-13/h2-4,6-7,14,16-17H,5,8-12H2,1H3,(H,18,19). The molecule has 2 unspecified atom stereocenters. The van der Waals surface area contributed by atoms with Gasteiger partial charge in [0, 0.05) is 20.3 Å². The first kappa shape index (κ1) is 15.9. The number of nitrogens with one attached hydrogen (secondary N) is 2. The quantitative estimate of drug-likeness (QED) is 0.708. The summed E-state index contributed by atoms with van der Waals surface area (Å²) in [5, 5.41) is 6.14. The molecule has 0 aromatic heterocycles. The van der Waals surface area contributed by atoms with Gasteiger partial charge in [-0.3, -0.25) is 4.79 Å². The molecule has 0 radical (unpaired) electrons. The molecule has 1 aromatic rings. The van der Waals surface area contributed by atoms with Gasteiger partial charge < -0.3 is 20.1 Å². The van der Waals surface area contributed by atoms with Gasteiger partial charge in [-0.1, -0.05) is 30.3 Å². The van der Waals surface area contributed by atoms with E-state index in [1.54, 1.807) is 7.11 Å². The first-order chi connectivity index (χ1) is 10.3. The van der Waals surface area contributed by atoms with Gasteiger partial charge in [-0.2, -0.15) is 0 Å². The summed E-state index contributed by atoms with van der Waals surface area (Å²) in [7, 11) is 1.64. The molecule has 2 rings (SSSR count). The molecule has 21 heavy (non-hydrogen) atoms.